The van der Waals surface area contributed by atoms with E-state index in [1.807, 2.05) is 23.6 Å². The molecule has 1 saturated heterocycles. The maximum atomic E-state index is 6.36. The molecule has 6 nitrogen and oxygen atoms in total. The Hall–Kier alpha value is -2.12. The van der Waals surface area contributed by atoms with Crippen LogP contribution in [-0.2, 0) is 19.3 Å². The van der Waals surface area contributed by atoms with Gasteiger partial charge in [-0.3, -0.25) is 0 Å². The number of hydrogen-bond acceptors (Lipinski definition) is 7. The molecular weight excluding hydrogens is 368 g/mol. The second-order valence-corrected chi connectivity index (χ2v) is 9.02. The lowest BCUT2D eigenvalue weighted by atomic mass is 9.94. The fourth-order valence-corrected chi connectivity index (χ4v) is 5.93. The first-order valence-corrected chi connectivity index (χ1v) is 11.1. The fraction of sp³-hybridized carbons (Fsp3) is 0.524. The Balaban J connectivity index is 1.29. The Bertz CT molecular complexity index is 970. The van der Waals surface area contributed by atoms with Crippen LogP contribution in [0.3, 0.4) is 0 Å². The standard InChI is InChI=1S/C21H26N6S/c22-20-19-15-5-1-2-6-17(15)28-21(19)26-18(25-20)8-11-27-10-3-4-14(12-27)16-7-9-23-13-24-16/h7,9,13-14H,1-6,8,10-12H2,(H2,22,25,26). The maximum Gasteiger partial charge on any atom is 0.136 e. The van der Waals surface area contributed by atoms with E-state index in [9.17, 15) is 0 Å². The third-order valence-corrected chi connectivity index (χ3v) is 7.25. The van der Waals surface area contributed by atoms with E-state index in [-0.39, 0.29) is 0 Å². The van der Waals surface area contributed by atoms with Crippen molar-refractivity contribution < 1.29 is 0 Å². The lowest BCUT2D eigenvalue weighted by Crippen LogP contribution is -2.36. The van der Waals surface area contributed by atoms with Gasteiger partial charge in [0, 0.05) is 42.2 Å². The number of fused-ring (bicyclic) bond motifs is 3. The number of nitrogens with two attached hydrogens (primary N) is 1. The molecule has 0 saturated carbocycles. The number of aromatic nitrogens is 4. The van der Waals surface area contributed by atoms with Crippen LogP contribution in [0.25, 0.3) is 10.2 Å². The number of anilines is 1. The molecule has 1 fully saturated rings. The van der Waals surface area contributed by atoms with Crippen molar-refractivity contribution in [1.82, 2.24) is 24.8 Å². The summed E-state index contributed by atoms with van der Waals surface area (Å²) in [6.45, 7) is 3.15. The van der Waals surface area contributed by atoms with Gasteiger partial charge in [0.05, 0.1) is 5.39 Å². The molecule has 0 aromatic carbocycles. The third-order valence-electron chi connectivity index (χ3n) is 6.07. The summed E-state index contributed by atoms with van der Waals surface area (Å²) in [6.07, 6.45) is 11.6. The summed E-state index contributed by atoms with van der Waals surface area (Å²) < 4.78 is 0. The number of aryl methyl sites for hydroxylation is 2. The fourth-order valence-electron chi connectivity index (χ4n) is 4.64. The predicted octanol–water partition coefficient (Wildman–Crippen LogP) is 3.36. The second kappa shape index (κ2) is 7.72. The Morgan fingerprint density at radius 3 is 3.00 bits per heavy atom. The summed E-state index contributed by atoms with van der Waals surface area (Å²) in [5.41, 5.74) is 8.93. The molecule has 0 amide bonds. The van der Waals surface area contributed by atoms with Crippen LogP contribution >= 0.6 is 11.3 Å². The van der Waals surface area contributed by atoms with E-state index in [0.717, 1.165) is 54.2 Å². The minimum absolute atomic E-state index is 0.495. The minimum atomic E-state index is 0.495. The molecule has 1 aliphatic carbocycles. The zero-order valence-corrected chi connectivity index (χ0v) is 16.9. The van der Waals surface area contributed by atoms with Gasteiger partial charge in [0.2, 0.25) is 0 Å². The highest BCUT2D eigenvalue weighted by Gasteiger charge is 2.23. The van der Waals surface area contributed by atoms with Gasteiger partial charge in [-0.15, -0.1) is 11.3 Å². The minimum Gasteiger partial charge on any atom is -0.383 e. The van der Waals surface area contributed by atoms with Crippen LogP contribution in [0.2, 0.25) is 0 Å². The Morgan fingerprint density at radius 1 is 1.18 bits per heavy atom. The van der Waals surface area contributed by atoms with Crippen molar-refractivity contribution >= 4 is 27.4 Å². The molecule has 3 aromatic heterocycles. The van der Waals surface area contributed by atoms with Crippen molar-refractivity contribution in [3.8, 4) is 0 Å². The zero-order chi connectivity index (χ0) is 18.9. The summed E-state index contributed by atoms with van der Waals surface area (Å²) >= 11 is 1.83. The summed E-state index contributed by atoms with van der Waals surface area (Å²) in [5, 5.41) is 1.13. The summed E-state index contributed by atoms with van der Waals surface area (Å²) in [6, 6.07) is 2.05. The molecule has 7 heteroatoms. The first-order chi connectivity index (χ1) is 13.8. The van der Waals surface area contributed by atoms with Crippen LogP contribution in [0, 0.1) is 0 Å². The topological polar surface area (TPSA) is 80.8 Å². The molecule has 1 aliphatic heterocycles. The van der Waals surface area contributed by atoms with Gasteiger partial charge in [-0.05, 0) is 56.7 Å². The molecule has 2 aliphatic rings. The second-order valence-electron chi connectivity index (χ2n) is 7.94. The van der Waals surface area contributed by atoms with Crippen molar-refractivity contribution in [2.75, 3.05) is 25.4 Å². The molecule has 0 spiro atoms. The Labute approximate surface area is 169 Å². The van der Waals surface area contributed by atoms with Gasteiger partial charge in [0.25, 0.3) is 0 Å². The monoisotopic (exact) mass is 394 g/mol. The number of piperidine rings is 1. The molecule has 3 aromatic rings. The highest BCUT2D eigenvalue weighted by atomic mass is 32.1. The lowest BCUT2D eigenvalue weighted by molar-refractivity contribution is 0.207. The average molecular weight is 395 g/mol. The van der Waals surface area contributed by atoms with Crippen LogP contribution in [-0.4, -0.2) is 44.5 Å². The summed E-state index contributed by atoms with van der Waals surface area (Å²) in [4.78, 5) is 23.1. The van der Waals surface area contributed by atoms with E-state index in [1.165, 1.54) is 42.5 Å². The Morgan fingerprint density at radius 2 is 2.11 bits per heavy atom. The van der Waals surface area contributed by atoms with Gasteiger partial charge in [0.15, 0.2) is 0 Å². The SMILES string of the molecule is Nc1nc(CCN2CCCC(c3ccncn3)C2)nc2sc3c(c12)CCCC3. The molecular formula is C21H26N6S. The van der Waals surface area contributed by atoms with Gasteiger partial charge >= 0.3 is 0 Å². The highest BCUT2D eigenvalue weighted by molar-refractivity contribution is 7.19. The van der Waals surface area contributed by atoms with Gasteiger partial charge in [-0.1, -0.05) is 0 Å². The van der Waals surface area contributed by atoms with Crippen LogP contribution in [0.15, 0.2) is 18.6 Å². The van der Waals surface area contributed by atoms with Crippen LogP contribution in [0.5, 0.6) is 0 Å². The van der Waals surface area contributed by atoms with Crippen molar-refractivity contribution in [3.63, 3.8) is 0 Å². The maximum absolute atomic E-state index is 6.36. The lowest BCUT2D eigenvalue weighted by Gasteiger charge is -2.32. The van der Waals surface area contributed by atoms with Crippen LogP contribution in [0.1, 0.15) is 53.6 Å². The molecule has 146 valence electrons. The van der Waals surface area contributed by atoms with Crippen molar-refractivity contribution in [2.45, 2.75) is 50.9 Å². The normalized spacial score (nSPS) is 20.4. The molecule has 2 N–H and O–H groups in total. The van der Waals surface area contributed by atoms with Crippen LogP contribution < -0.4 is 5.73 Å². The molecule has 0 bridgehead atoms. The van der Waals surface area contributed by atoms with Gasteiger partial charge < -0.3 is 10.6 Å². The Kier molecular flexibility index (Phi) is 4.94. The van der Waals surface area contributed by atoms with E-state index in [4.69, 9.17) is 10.7 Å². The summed E-state index contributed by atoms with van der Waals surface area (Å²) in [7, 11) is 0. The molecule has 5 rings (SSSR count). The van der Waals surface area contributed by atoms with Gasteiger partial charge in [-0.2, -0.15) is 0 Å². The molecule has 4 heterocycles. The van der Waals surface area contributed by atoms with Crippen molar-refractivity contribution in [3.05, 3.63) is 40.5 Å². The largest absolute Gasteiger partial charge is 0.383 e. The first kappa shape index (κ1) is 17.9. The summed E-state index contributed by atoms with van der Waals surface area (Å²) in [5.74, 6) is 2.05. The van der Waals surface area contributed by atoms with E-state index in [0.29, 0.717) is 11.7 Å². The molecule has 1 unspecified atom stereocenters. The van der Waals surface area contributed by atoms with Crippen molar-refractivity contribution in [1.29, 1.82) is 0 Å². The predicted molar refractivity (Wildman–Crippen MR) is 113 cm³/mol. The number of likely N-dealkylation sites (tertiary alicyclic amines) is 1. The molecule has 0 radical (unpaired) electrons. The number of nitrogens with zero attached hydrogens (tertiary/aromatic N) is 5. The average Bonchev–Trinajstić information content (AvgIpc) is 3.12. The van der Waals surface area contributed by atoms with E-state index >= 15 is 0 Å². The third kappa shape index (κ3) is 3.49. The van der Waals surface area contributed by atoms with Crippen LogP contribution in [0.4, 0.5) is 5.82 Å². The smallest absolute Gasteiger partial charge is 0.136 e. The molecule has 1 atom stereocenters. The first-order valence-electron chi connectivity index (χ1n) is 10.3. The van der Waals surface area contributed by atoms with Gasteiger partial charge in [-0.25, -0.2) is 19.9 Å². The number of hydrogen-bond donors (Lipinski definition) is 1. The molecule has 28 heavy (non-hydrogen) atoms. The quantitative estimate of drug-likeness (QED) is 0.731. The van der Waals surface area contributed by atoms with Gasteiger partial charge in [0.1, 0.15) is 22.8 Å². The number of nitrogen functional groups attached to an aromatic ring is 1. The van der Waals surface area contributed by atoms with E-state index in [2.05, 4.69) is 19.9 Å². The van der Waals surface area contributed by atoms with E-state index < -0.39 is 0 Å². The zero-order valence-electron chi connectivity index (χ0n) is 16.1. The highest BCUT2D eigenvalue weighted by Crippen LogP contribution is 2.37. The van der Waals surface area contributed by atoms with E-state index in [1.54, 1.807) is 6.33 Å². The number of rotatable bonds is 4. The van der Waals surface area contributed by atoms with Crippen molar-refractivity contribution in [2.24, 2.45) is 0 Å². The number of thiophene rings is 1.